The zero-order valence-electron chi connectivity index (χ0n) is 16.5. The number of aryl methyl sites for hydroxylation is 1. The molecule has 3 rings (SSSR count). The number of piperidine rings is 1. The van der Waals surface area contributed by atoms with Crippen molar-refractivity contribution in [1.82, 2.24) is 10.2 Å². The van der Waals surface area contributed by atoms with Crippen LogP contribution in [0.5, 0.6) is 0 Å². The van der Waals surface area contributed by atoms with Crippen LogP contribution in [0, 0.1) is 5.92 Å². The zero-order valence-corrected chi connectivity index (χ0v) is 16.5. The maximum absolute atomic E-state index is 12.4. The fourth-order valence-corrected chi connectivity index (χ4v) is 3.63. The average Bonchev–Trinajstić information content (AvgIpc) is 2.73. The van der Waals surface area contributed by atoms with E-state index >= 15 is 0 Å². The summed E-state index contributed by atoms with van der Waals surface area (Å²) in [6.45, 7) is 4.56. The van der Waals surface area contributed by atoms with Gasteiger partial charge in [-0.3, -0.25) is 14.5 Å². The molecule has 0 radical (unpaired) electrons. The zero-order chi connectivity index (χ0) is 19.8. The molecule has 1 aliphatic rings. The average molecular weight is 380 g/mol. The highest BCUT2D eigenvalue weighted by Gasteiger charge is 2.25. The molecule has 0 atom stereocenters. The van der Waals surface area contributed by atoms with Crippen molar-refractivity contribution in [3.63, 3.8) is 0 Å². The number of nitrogens with zero attached hydrogens (tertiary/aromatic N) is 1. The lowest BCUT2D eigenvalue weighted by atomic mass is 9.96. The summed E-state index contributed by atoms with van der Waals surface area (Å²) in [4.78, 5) is 26.9. The monoisotopic (exact) mass is 379 g/mol. The highest BCUT2D eigenvalue weighted by atomic mass is 16.2. The number of para-hydroxylation sites is 1. The van der Waals surface area contributed by atoms with Crippen LogP contribution in [0.15, 0.2) is 54.6 Å². The minimum atomic E-state index is 0.00730. The van der Waals surface area contributed by atoms with Crippen LogP contribution in [0.1, 0.15) is 30.9 Å². The van der Waals surface area contributed by atoms with Crippen LogP contribution in [0.3, 0.4) is 0 Å². The number of benzene rings is 2. The van der Waals surface area contributed by atoms with Crippen LogP contribution in [0.25, 0.3) is 0 Å². The van der Waals surface area contributed by atoms with Crippen molar-refractivity contribution in [1.29, 1.82) is 0 Å². The fourth-order valence-electron chi connectivity index (χ4n) is 3.63. The Morgan fingerprint density at radius 2 is 1.68 bits per heavy atom. The Bertz CT molecular complexity index is 783. The predicted octanol–water partition coefficient (Wildman–Crippen LogP) is 3.22. The summed E-state index contributed by atoms with van der Waals surface area (Å²) in [5.41, 5.74) is 3.15. The van der Waals surface area contributed by atoms with Crippen molar-refractivity contribution in [2.24, 2.45) is 5.92 Å². The lowest BCUT2D eigenvalue weighted by Crippen LogP contribution is -2.43. The first-order valence-electron chi connectivity index (χ1n) is 10.1. The number of carbonyl (C=O) groups excluding carboxylic acids is 2. The molecule has 1 heterocycles. The second kappa shape index (κ2) is 10.0. The van der Waals surface area contributed by atoms with Crippen molar-refractivity contribution in [3.8, 4) is 0 Å². The third-order valence-corrected chi connectivity index (χ3v) is 5.31. The van der Waals surface area contributed by atoms with E-state index in [0.29, 0.717) is 13.1 Å². The number of carbonyl (C=O) groups is 2. The molecule has 0 spiro atoms. The van der Waals surface area contributed by atoms with E-state index in [1.807, 2.05) is 54.6 Å². The summed E-state index contributed by atoms with van der Waals surface area (Å²) in [5, 5.41) is 6.05. The van der Waals surface area contributed by atoms with Gasteiger partial charge in [-0.25, -0.2) is 0 Å². The van der Waals surface area contributed by atoms with E-state index in [1.165, 1.54) is 0 Å². The molecule has 0 unspecified atom stereocenters. The van der Waals surface area contributed by atoms with Crippen molar-refractivity contribution in [3.05, 3.63) is 65.7 Å². The van der Waals surface area contributed by atoms with Crippen molar-refractivity contribution in [2.75, 3.05) is 25.0 Å². The second-order valence-corrected chi connectivity index (χ2v) is 7.31. The van der Waals surface area contributed by atoms with Gasteiger partial charge in [0.05, 0.1) is 6.54 Å². The van der Waals surface area contributed by atoms with Gasteiger partial charge < -0.3 is 10.6 Å². The van der Waals surface area contributed by atoms with E-state index in [4.69, 9.17) is 0 Å². The number of amides is 2. The topological polar surface area (TPSA) is 61.4 Å². The standard InChI is InChI=1S/C23H29N3O2/c1-2-19-10-6-7-11-21(19)25-22(27)17-26-14-12-20(13-15-26)23(28)24-16-18-8-4-3-5-9-18/h3-11,20H,2,12-17H2,1H3,(H,24,28)(H,25,27). The maximum Gasteiger partial charge on any atom is 0.238 e. The van der Waals surface area contributed by atoms with E-state index in [9.17, 15) is 9.59 Å². The maximum atomic E-state index is 12.4. The molecule has 1 aliphatic heterocycles. The molecule has 0 aromatic heterocycles. The first-order valence-corrected chi connectivity index (χ1v) is 10.1. The molecule has 1 fully saturated rings. The third-order valence-electron chi connectivity index (χ3n) is 5.31. The third kappa shape index (κ3) is 5.67. The first-order chi connectivity index (χ1) is 13.7. The molecule has 28 heavy (non-hydrogen) atoms. The Morgan fingerprint density at radius 1 is 1.00 bits per heavy atom. The molecule has 0 bridgehead atoms. The van der Waals surface area contributed by atoms with Crippen LogP contribution in [0.4, 0.5) is 5.69 Å². The minimum absolute atomic E-state index is 0.00730. The largest absolute Gasteiger partial charge is 0.352 e. The van der Waals surface area contributed by atoms with Crippen LogP contribution in [-0.2, 0) is 22.6 Å². The molecule has 2 N–H and O–H groups in total. The quantitative estimate of drug-likeness (QED) is 0.777. The van der Waals surface area contributed by atoms with Gasteiger partial charge in [0, 0.05) is 18.2 Å². The molecule has 0 saturated carbocycles. The van der Waals surface area contributed by atoms with Gasteiger partial charge in [-0.05, 0) is 49.5 Å². The Labute approximate surface area is 167 Å². The summed E-state index contributed by atoms with van der Waals surface area (Å²) in [7, 11) is 0. The Hall–Kier alpha value is -2.66. The van der Waals surface area contributed by atoms with Gasteiger partial charge in [0.2, 0.25) is 11.8 Å². The summed E-state index contributed by atoms with van der Waals surface area (Å²) in [6, 6.07) is 17.9. The highest BCUT2D eigenvalue weighted by Crippen LogP contribution is 2.19. The van der Waals surface area contributed by atoms with Crippen LogP contribution >= 0.6 is 0 Å². The predicted molar refractivity (Wildman–Crippen MR) is 112 cm³/mol. The molecule has 148 valence electrons. The van der Waals surface area contributed by atoms with Crippen LogP contribution in [0.2, 0.25) is 0 Å². The van der Waals surface area contributed by atoms with E-state index in [1.54, 1.807) is 0 Å². The summed E-state index contributed by atoms with van der Waals surface area (Å²) < 4.78 is 0. The van der Waals surface area contributed by atoms with Gasteiger partial charge in [-0.1, -0.05) is 55.5 Å². The summed E-state index contributed by atoms with van der Waals surface area (Å²) in [5.74, 6) is 0.154. The Kier molecular flexibility index (Phi) is 7.20. The van der Waals surface area contributed by atoms with Gasteiger partial charge >= 0.3 is 0 Å². The lowest BCUT2D eigenvalue weighted by molar-refractivity contribution is -0.126. The van der Waals surface area contributed by atoms with Crippen molar-refractivity contribution in [2.45, 2.75) is 32.7 Å². The molecular weight excluding hydrogens is 350 g/mol. The smallest absolute Gasteiger partial charge is 0.238 e. The first kappa shape index (κ1) is 20.1. The molecule has 2 aromatic carbocycles. The number of hydrogen-bond donors (Lipinski definition) is 2. The fraction of sp³-hybridized carbons (Fsp3) is 0.391. The number of rotatable bonds is 7. The van der Waals surface area contributed by atoms with Gasteiger partial charge in [-0.15, -0.1) is 0 Å². The van der Waals surface area contributed by atoms with Crippen LogP contribution in [-0.4, -0.2) is 36.3 Å². The number of hydrogen-bond acceptors (Lipinski definition) is 3. The Balaban J connectivity index is 1.41. The molecule has 2 aromatic rings. The molecule has 1 saturated heterocycles. The van der Waals surface area contributed by atoms with Crippen LogP contribution < -0.4 is 10.6 Å². The lowest BCUT2D eigenvalue weighted by Gasteiger charge is -2.30. The highest BCUT2D eigenvalue weighted by molar-refractivity contribution is 5.93. The van der Waals surface area contributed by atoms with Gasteiger partial charge in [0.15, 0.2) is 0 Å². The molecular formula is C23H29N3O2. The number of anilines is 1. The van der Waals surface area contributed by atoms with Gasteiger partial charge in [0.1, 0.15) is 0 Å². The minimum Gasteiger partial charge on any atom is -0.352 e. The van der Waals surface area contributed by atoms with E-state index in [2.05, 4.69) is 22.5 Å². The van der Waals surface area contributed by atoms with Gasteiger partial charge in [-0.2, -0.15) is 0 Å². The molecule has 0 aliphatic carbocycles. The summed E-state index contributed by atoms with van der Waals surface area (Å²) in [6.07, 6.45) is 2.47. The number of nitrogens with one attached hydrogen (secondary N) is 2. The Morgan fingerprint density at radius 3 is 2.39 bits per heavy atom. The second-order valence-electron chi connectivity index (χ2n) is 7.31. The molecule has 2 amide bonds. The van der Waals surface area contributed by atoms with E-state index in [0.717, 1.165) is 49.2 Å². The molecule has 5 nitrogen and oxygen atoms in total. The summed E-state index contributed by atoms with van der Waals surface area (Å²) >= 11 is 0. The number of likely N-dealkylation sites (tertiary alicyclic amines) is 1. The molecule has 5 heteroatoms. The van der Waals surface area contributed by atoms with Gasteiger partial charge in [0.25, 0.3) is 0 Å². The van der Waals surface area contributed by atoms with Crippen molar-refractivity contribution >= 4 is 17.5 Å². The normalized spacial score (nSPS) is 15.2. The van der Waals surface area contributed by atoms with Crippen molar-refractivity contribution < 1.29 is 9.59 Å². The van der Waals surface area contributed by atoms with E-state index < -0.39 is 0 Å². The van der Waals surface area contributed by atoms with E-state index in [-0.39, 0.29) is 17.7 Å². The SMILES string of the molecule is CCc1ccccc1NC(=O)CN1CCC(C(=O)NCc2ccccc2)CC1.